The topological polar surface area (TPSA) is 12.5 Å². The highest BCUT2D eigenvalue weighted by Crippen LogP contribution is 2.29. The van der Waals surface area contributed by atoms with Gasteiger partial charge in [0.15, 0.2) is 0 Å². The second-order valence-corrected chi connectivity index (χ2v) is 3.44. The number of hydrogen-bond donors (Lipinski definition) is 0. The smallest absolute Gasteiger partial charge is 0.0864 e. The summed E-state index contributed by atoms with van der Waals surface area (Å²) in [6, 6.07) is 0.550. The molecule has 0 aromatic heterocycles. The number of rotatable bonds is 3. The molecular formula is C10H15NO. The average molecular weight is 165 g/mol. The second-order valence-electron chi connectivity index (χ2n) is 3.44. The summed E-state index contributed by atoms with van der Waals surface area (Å²) in [5, 5.41) is 2.09. The molecule has 2 rings (SSSR count). The molecule has 0 radical (unpaired) electrons. The molecule has 0 saturated heterocycles. The Morgan fingerprint density at radius 2 is 2.67 bits per heavy atom. The van der Waals surface area contributed by atoms with E-state index in [1.54, 1.807) is 11.6 Å². The van der Waals surface area contributed by atoms with Crippen molar-refractivity contribution in [1.82, 2.24) is 5.06 Å². The van der Waals surface area contributed by atoms with Crippen LogP contribution in [0.3, 0.4) is 0 Å². The number of hydroxylamine groups is 2. The van der Waals surface area contributed by atoms with Crippen molar-refractivity contribution in [1.29, 1.82) is 0 Å². The standard InChI is InChI=1S/C10H15NO/c1-2-6-12-11-8-9-4-3-5-10(11)7-9/h2,7,10H,1,3-6,8H2. The summed E-state index contributed by atoms with van der Waals surface area (Å²) in [7, 11) is 0. The lowest BCUT2D eigenvalue weighted by Gasteiger charge is -2.21. The molecule has 0 saturated carbocycles. The third-order valence-electron chi connectivity index (χ3n) is 2.51. The maximum atomic E-state index is 5.53. The van der Waals surface area contributed by atoms with Crippen molar-refractivity contribution >= 4 is 0 Å². The lowest BCUT2D eigenvalue weighted by molar-refractivity contribution is -0.152. The summed E-state index contributed by atoms with van der Waals surface area (Å²) in [4.78, 5) is 5.53. The molecule has 0 aromatic rings. The van der Waals surface area contributed by atoms with E-state index in [0.717, 1.165) is 6.54 Å². The van der Waals surface area contributed by atoms with Crippen molar-refractivity contribution in [2.45, 2.75) is 25.3 Å². The first-order chi connectivity index (χ1) is 5.90. The maximum absolute atomic E-state index is 5.53. The highest BCUT2D eigenvalue weighted by molar-refractivity contribution is 5.17. The molecule has 1 aliphatic heterocycles. The van der Waals surface area contributed by atoms with Crippen molar-refractivity contribution in [3.8, 4) is 0 Å². The molecule has 12 heavy (non-hydrogen) atoms. The van der Waals surface area contributed by atoms with Crippen LogP contribution in [-0.4, -0.2) is 24.3 Å². The Kier molecular flexibility index (Phi) is 2.28. The van der Waals surface area contributed by atoms with Crippen LogP contribution in [0, 0.1) is 0 Å². The lowest BCUT2D eigenvalue weighted by Crippen LogP contribution is -2.29. The predicted molar refractivity (Wildman–Crippen MR) is 48.6 cm³/mol. The molecule has 0 aromatic carbocycles. The van der Waals surface area contributed by atoms with E-state index >= 15 is 0 Å². The molecule has 0 amide bonds. The molecule has 1 unspecified atom stereocenters. The molecule has 1 atom stereocenters. The molecule has 0 spiro atoms. The molecule has 2 nitrogen and oxygen atoms in total. The SMILES string of the molecule is C=CCON1CC2=CC1CCC2. The van der Waals surface area contributed by atoms with E-state index in [4.69, 9.17) is 4.84 Å². The van der Waals surface area contributed by atoms with E-state index in [1.165, 1.54) is 19.3 Å². The first-order valence-corrected chi connectivity index (χ1v) is 4.60. The Hall–Kier alpha value is -0.600. The Bertz CT molecular complexity index is 210. The molecule has 2 bridgehead atoms. The van der Waals surface area contributed by atoms with Gasteiger partial charge in [-0.1, -0.05) is 17.7 Å². The van der Waals surface area contributed by atoms with Gasteiger partial charge in [-0.15, -0.1) is 6.58 Å². The minimum atomic E-state index is 0.550. The summed E-state index contributed by atoms with van der Waals surface area (Å²) in [6.07, 6.45) is 8.00. The van der Waals surface area contributed by atoms with Gasteiger partial charge in [0.2, 0.25) is 0 Å². The normalized spacial score (nSPS) is 28.7. The van der Waals surface area contributed by atoms with Crippen LogP contribution in [-0.2, 0) is 4.84 Å². The first kappa shape index (κ1) is 8.02. The Labute approximate surface area is 73.5 Å². The van der Waals surface area contributed by atoms with E-state index in [1.807, 2.05) is 0 Å². The zero-order valence-corrected chi connectivity index (χ0v) is 7.33. The first-order valence-electron chi connectivity index (χ1n) is 4.60. The van der Waals surface area contributed by atoms with Crippen LogP contribution in [0.5, 0.6) is 0 Å². The molecule has 2 heteroatoms. The fourth-order valence-electron chi connectivity index (χ4n) is 1.94. The summed E-state index contributed by atoms with van der Waals surface area (Å²) >= 11 is 0. The summed E-state index contributed by atoms with van der Waals surface area (Å²) < 4.78 is 0. The third-order valence-corrected chi connectivity index (χ3v) is 2.51. The zero-order chi connectivity index (χ0) is 8.39. The van der Waals surface area contributed by atoms with E-state index in [-0.39, 0.29) is 0 Å². The van der Waals surface area contributed by atoms with Gasteiger partial charge in [0.1, 0.15) is 0 Å². The van der Waals surface area contributed by atoms with Crippen LogP contribution in [0.25, 0.3) is 0 Å². The Morgan fingerprint density at radius 3 is 3.42 bits per heavy atom. The van der Waals surface area contributed by atoms with Gasteiger partial charge < -0.3 is 0 Å². The molecular weight excluding hydrogens is 150 g/mol. The highest BCUT2D eigenvalue weighted by Gasteiger charge is 2.28. The molecule has 1 heterocycles. The van der Waals surface area contributed by atoms with Crippen LogP contribution < -0.4 is 0 Å². The van der Waals surface area contributed by atoms with Crippen LogP contribution in [0.15, 0.2) is 24.3 Å². The fraction of sp³-hybridized carbons (Fsp3) is 0.600. The number of nitrogens with zero attached hydrogens (tertiary/aromatic N) is 1. The molecule has 0 N–H and O–H groups in total. The van der Waals surface area contributed by atoms with Crippen molar-refractivity contribution in [2.75, 3.05) is 13.2 Å². The highest BCUT2D eigenvalue weighted by atomic mass is 16.7. The second kappa shape index (κ2) is 3.42. The summed E-state index contributed by atoms with van der Waals surface area (Å²) in [5.74, 6) is 0. The van der Waals surface area contributed by atoms with Gasteiger partial charge in [-0.05, 0) is 19.3 Å². The minimum absolute atomic E-state index is 0.550. The molecule has 66 valence electrons. The summed E-state index contributed by atoms with van der Waals surface area (Å²) in [5.41, 5.74) is 1.55. The summed E-state index contributed by atoms with van der Waals surface area (Å²) in [6.45, 7) is 5.29. The van der Waals surface area contributed by atoms with Gasteiger partial charge in [0, 0.05) is 6.54 Å². The largest absolute Gasteiger partial charge is 0.294 e. The van der Waals surface area contributed by atoms with Gasteiger partial charge in [0.05, 0.1) is 12.6 Å². The fourth-order valence-corrected chi connectivity index (χ4v) is 1.94. The van der Waals surface area contributed by atoms with Crippen LogP contribution in [0.1, 0.15) is 19.3 Å². The van der Waals surface area contributed by atoms with Gasteiger partial charge in [-0.3, -0.25) is 4.84 Å². The zero-order valence-electron chi connectivity index (χ0n) is 7.33. The van der Waals surface area contributed by atoms with Crippen molar-refractivity contribution in [3.05, 3.63) is 24.3 Å². The predicted octanol–water partition coefficient (Wildman–Crippen LogP) is 1.90. The quantitative estimate of drug-likeness (QED) is 0.592. The van der Waals surface area contributed by atoms with E-state index in [0.29, 0.717) is 12.6 Å². The molecule has 0 fully saturated rings. The van der Waals surface area contributed by atoms with E-state index < -0.39 is 0 Å². The van der Waals surface area contributed by atoms with Crippen LogP contribution in [0.4, 0.5) is 0 Å². The average Bonchev–Trinajstić information content (AvgIpc) is 2.38. The number of fused-ring (bicyclic) bond motifs is 1. The maximum Gasteiger partial charge on any atom is 0.0864 e. The Morgan fingerprint density at radius 1 is 1.75 bits per heavy atom. The van der Waals surface area contributed by atoms with Gasteiger partial charge in [0.25, 0.3) is 0 Å². The number of hydrogen-bond acceptors (Lipinski definition) is 2. The van der Waals surface area contributed by atoms with E-state index in [2.05, 4.69) is 17.7 Å². The van der Waals surface area contributed by atoms with Crippen molar-refractivity contribution < 1.29 is 4.84 Å². The molecule has 1 aliphatic carbocycles. The molecule has 2 aliphatic rings. The Balaban J connectivity index is 1.91. The van der Waals surface area contributed by atoms with E-state index in [9.17, 15) is 0 Å². The van der Waals surface area contributed by atoms with Crippen LogP contribution >= 0.6 is 0 Å². The third kappa shape index (κ3) is 1.45. The van der Waals surface area contributed by atoms with Crippen molar-refractivity contribution in [2.24, 2.45) is 0 Å². The lowest BCUT2D eigenvalue weighted by atomic mass is 10.0. The monoisotopic (exact) mass is 165 g/mol. The van der Waals surface area contributed by atoms with Crippen LogP contribution in [0.2, 0.25) is 0 Å². The van der Waals surface area contributed by atoms with Crippen molar-refractivity contribution in [3.63, 3.8) is 0 Å². The van der Waals surface area contributed by atoms with Gasteiger partial charge in [-0.2, -0.15) is 5.06 Å². The van der Waals surface area contributed by atoms with Gasteiger partial charge >= 0.3 is 0 Å². The minimum Gasteiger partial charge on any atom is -0.294 e. The van der Waals surface area contributed by atoms with Gasteiger partial charge in [-0.25, -0.2) is 0 Å².